The van der Waals surface area contributed by atoms with E-state index >= 15 is 0 Å². The summed E-state index contributed by atoms with van der Waals surface area (Å²) >= 11 is 0. The Morgan fingerprint density at radius 1 is 1.27 bits per heavy atom. The molecule has 5 nitrogen and oxygen atoms in total. The van der Waals surface area contributed by atoms with Gasteiger partial charge in [0.25, 0.3) is 5.91 Å². The number of rotatable bonds is 2. The van der Waals surface area contributed by atoms with Gasteiger partial charge in [0.05, 0.1) is 12.0 Å². The number of ketones is 1. The molecule has 0 unspecified atom stereocenters. The Balaban J connectivity index is 2.56. The van der Waals surface area contributed by atoms with Gasteiger partial charge in [0.2, 0.25) is 5.91 Å². The maximum Gasteiger partial charge on any atom is 0.260 e. The van der Waals surface area contributed by atoms with E-state index in [4.69, 9.17) is 5.73 Å². The zero-order chi connectivity index (χ0) is 11.4. The van der Waals surface area contributed by atoms with Gasteiger partial charge in [-0.3, -0.25) is 19.3 Å². The highest BCUT2D eigenvalue weighted by molar-refractivity contribution is 6.30. The predicted octanol–water partition coefficient (Wildman–Crippen LogP) is -0.416. The van der Waals surface area contributed by atoms with Crippen LogP contribution in [-0.2, 0) is 14.4 Å². The van der Waals surface area contributed by atoms with Gasteiger partial charge in [0.15, 0.2) is 11.3 Å². The van der Waals surface area contributed by atoms with E-state index in [0.29, 0.717) is 12.8 Å². The number of β-lactam (4-membered cyclic amide) rings is 1. The molecular formula is C10H14N2O3. The van der Waals surface area contributed by atoms with Crippen LogP contribution in [-0.4, -0.2) is 33.6 Å². The molecule has 2 bridgehead atoms. The van der Waals surface area contributed by atoms with Gasteiger partial charge >= 0.3 is 0 Å². The third-order valence-corrected chi connectivity index (χ3v) is 3.87. The van der Waals surface area contributed by atoms with E-state index in [0.717, 1.165) is 0 Å². The Labute approximate surface area is 87.6 Å². The van der Waals surface area contributed by atoms with E-state index in [1.807, 2.05) is 13.8 Å². The predicted molar refractivity (Wildman–Crippen MR) is 51.7 cm³/mol. The van der Waals surface area contributed by atoms with Gasteiger partial charge in [-0.25, -0.2) is 0 Å². The molecule has 3 rings (SSSR count). The van der Waals surface area contributed by atoms with Gasteiger partial charge in [0.1, 0.15) is 0 Å². The minimum Gasteiger partial charge on any atom is -0.309 e. The van der Waals surface area contributed by atoms with Crippen LogP contribution in [0.15, 0.2) is 0 Å². The van der Waals surface area contributed by atoms with Gasteiger partial charge < -0.3 is 5.73 Å². The van der Waals surface area contributed by atoms with Crippen molar-refractivity contribution < 1.29 is 14.4 Å². The van der Waals surface area contributed by atoms with Crippen molar-refractivity contribution in [2.75, 3.05) is 0 Å². The van der Waals surface area contributed by atoms with Crippen LogP contribution in [0.4, 0.5) is 0 Å². The molecule has 1 atom stereocenters. The average Bonchev–Trinajstić information content (AvgIpc) is 2.21. The molecule has 82 valence electrons. The van der Waals surface area contributed by atoms with Crippen molar-refractivity contribution in [2.24, 2.45) is 5.73 Å². The second-order valence-corrected chi connectivity index (χ2v) is 4.18. The van der Waals surface area contributed by atoms with Crippen molar-refractivity contribution in [3.63, 3.8) is 0 Å². The standard InChI is InChI=1S/C10H14N2O3/c1-3-9(4-2)10(11)6(13)5-7(14)12(9)8(10)15/h3-5,11H2,1-2H3/t10-/m0/s1. The Morgan fingerprint density at radius 3 is 2.20 bits per heavy atom. The minimum atomic E-state index is -1.44. The highest BCUT2D eigenvalue weighted by Crippen LogP contribution is 2.49. The Hall–Kier alpha value is -1.23. The van der Waals surface area contributed by atoms with Gasteiger partial charge in [-0.15, -0.1) is 0 Å². The molecule has 3 aliphatic rings. The minimum absolute atomic E-state index is 0.232. The molecule has 0 spiro atoms. The smallest absolute Gasteiger partial charge is 0.260 e. The first-order valence-corrected chi connectivity index (χ1v) is 5.15. The summed E-state index contributed by atoms with van der Waals surface area (Å²) in [6, 6.07) is 0. The molecule has 5 heteroatoms. The van der Waals surface area contributed by atoms with Crippen LogP contribution in [0.25, 0.3) is 0 Å². The third kappa shape index (κ3) is 0.773. The Kier molecular flexibility index (Phi) is 1.83. The highest BCUT2D eigenvalue weighted by atomic mass is 16.2. The number of nitrogens with two attached hydrogens (primary N) is 1. The molecule has 0 radical (unpaired) electrons. The first kappa shape index (κ1) is 10.3. The first-order valence-electron chi connectivity index (χ1n) is 5.15. The molecule has 3 saturated heterocycles. The molecule has 2 amide bonds. The average molecular weight is 210 g/mol. The summed E-state index contributed by atoms with van der Waals surface area (Å²) in [7, 11) is 0. The number of amides is 2. The lowest BCUT2D eigenvalue weighted by Gasteiger charge is -2.63. The van der Waals surface area contributed by atoms with Crippen molar-refractivity contribution in [1.82, 2.24) is 4.90 Å². The zero-order valence-electron chi connectivity index (χ0n) is 8.87. The van der Waals surface area contributed by atoms with E-state index in [1.165, 1.54) is 4.90 Å². The van der Waals surface area contributed by atoms with Crippen molar-refractivity contribution in [2.45, 2.75) is 44.2 Å². The summed E-state index contributed by atoms with van der Waals surface area (Å²) in [6.07, 6.45) is 0.830. The van der Waals surface area contributed by atoms with E-state index < -0.39 is 28.7 Å². The summed E-state index contributed by atoms with van der Waals surface area (Å²) in [6.45, 7) is 3.69. The van der Waals surface area contributed by atoms with Crippen LogP contribution in [0.2, 0.25) is 0 Å². The zero-order valence-corrected chi connectivity index (χ0v) is 8.87. The number of Topliss-reactive ketones (excluding diaryl/α,β-unsaturated/α-hetero) is 1. The Bertz CT molecular complexity index is 363. The van der Waals surface area contributed by atoms with Crippen LogP contribution in [0, 0.1) is 0 Å². The fourth-order valence-corrected chi connectivity index (χ4v) is 2.90. The fourth-order valence-electron chi connectivity index (χ4n) is 2.90. The van der Waals surface area contributed by atoms with E-state index in [9.17, 15) is 14.4 Å². The third-order valence-electron chi connectivity index (χ3n) is 3.87. The van der Waals surface area contributed by atoms with Crippen LogP contribution >= 0.6 is 0 Å². The largest absolute Gasteiger partial charge is 0.309 e. The maximum atomic E-state index is 11.7. The quantitative estimate of drug-likeness (QED) is 0.381. The first-order chi connectivity index (χ1) is 6.95. The monoisotopic (exact) mass is 210 g/mol. The number of hydrogen-bond acceptors (Lipinski definition) is 4. The molecule has 0 saturated carbocycles. The molecule has 0 aromatic heterocycles. The number of piperidine rings is 2. The number of nitrogens with zero attached hydrogens (tertiary/aromatic N) is 1. The highest BCUT2D eigenvalue weighted by Gasteiger charge is 2.75. The lowest BCUT2D eigenvalue weighted by Crippen LogP contribution is -2.92. The maximum absolute atomic E-state index is 11.7. The summed E-state index contributed by atoms with van der Waals surface area (Å²) in [5, 5.41) is 0. The summed E-state index contributed by atoms with van der Waals surface area (Å²) in [5.74, 6) is -1.35. The molecule has 0 aromatic carbocycles. The van der Waals surface area contributed by atoms with E-state index in [2.05, 4.69) is 0 Å². The number of imide groups is 1. The molecule has 0 aliphatic carbocycles. The van der Waals surface area contributed by atoms with Crippen molar-refractivity contribution in [3.8, 4) is 0 Å². The summed E-state index contributed by atoms with van der Waals surface area (Å²) in [5.41, 5.74) is 3.69. The number of carbonyl (C=O) groups excluding carboxylic acids is 3. The number of carbonyl (C=O) groups is 3. The molecule has 3 heterocycles. The van der Waals surface area contributed by atoms with Gasteiger partial charge in [0, 0.05) is 0 Å². The lowest BCUT2D eigenvalue weighted by atomic mass is 9.58. The fraction of sp³-hybridized carbons (Fsp3) is 0.700. The van der Waals surface area contributed by atoms with Gasteiger partial charge in [-0.2, -0.15) is 0 Å². The topological polar surface area (TPSA) is 80.5 Å². The molecule has 3 aliphatic heterocycles. The van der Waals surface area contributed by atoms with Crippen molar-refractivity contribution in [1.29, 1.82) is 0 Å². The second kappa shape index (κ2) is 2.66. The molecule has 15 heavy (non-hydrogen) atoms. The molecule has 2 N–H and O–H groups in total. The second-order valence-electron chi connectivity index (χ2n) is 4.18. The number of fused-ring (bicyclic) bond motifs is 2. The molecule has 3 fully saturated rings. The van der Waals surface area contributed by atoms with Crippen LogP contribution in [0.1, 0.15) is 33.1 Å². The van der Waals surface area contributed by atoms with Crippen LogP contribution < -0.4 is 5.73 Å². The van der Waals surface area contributed by atoms with Crippen LogP contribution in [0.5, 0.6) is 0 Å². The van der Waals surface area contributed by atoms with Gasteiger partial charge in [-0.05, 0) is 12.8 Å². The van der Waals surface area contributed by atoms with E-state index in [-0.39, 0.29) is 6.42 Å². The molecule has 0 aromatic rings. The van der Waals surface area contributed by atoms with E-state index in [1.54, 1.807) is 0 Å². The van der Waals surface area contributed by atoms with Gasteiger partial charge in [-0.1, -0.05) is 13.8 Å². The SMILES string of the molecule is CCC1(CC)N2C(=O)CC(=O)[C@]1(N)C2=O. The Morgan fingerprint density at radius 2 is 1.80 bits per heavy atom. The van der Waals surface area contributed by atoms with Crippen molar-refractivity contribution >= 4 is 17.6 Å². The summed E-state index contributed by atoms with van der Waals surface area (Å²) < 4.78 is 0. The van der Waals surface area contributed by atoms with Crippen LogP contribution in [0.3, 0.4) is 0 Å². The number of hydrogen-bond donors (Lipinski definition) is 1. The molecular weight excluding hydrogens is 196 g/mol. The summed E-state index contributed by atoms with van der Waals surface area (Å²) in [4.78, 5) is 36.1. The normalized spacial score (nSPS) is 33.0. The van der Waals surface area contributed by atoms with Crippen molar-refractivity contribution in [3.05, 3.63) is 0 Å². The lowest BCUT2D eigenvalue weighted by molar-refractivity contribution is -0.194.